The minimum absolute atomic E-state index is 0.124. The SMILES string of the molecule is C=CCCOc1ccc(-c2ccc(-c3ccc(C4CCC(C(O)CCC)CC4)c(F)c3)cc2)c(F)c1F. The second kappa shape index (κ2) is 12.5. The quantitative estimate of drug-likeness (QED) is 0.219. The average Bonchev–Trinajstić information content (AvgIpc) is 2.91. The summed E-state index contributed by atoms with van der Waals surface area (Å²) in [6.45, 7) is 5.89. The Bertz CT molecular complexity index is 1200. The summed E-state index contributed by atoms with van der Waals surface area (Å²) in [4.78, 5) is 0. The number of aliphatic hydroxyl groups is 1. The molecule has 1 unspecified atom stereocenters. The molecule has 1 fully saturated rings. The van der Waals surface area contributed by atoms with Crippen LogP contribution in [0.4, 0.5) is 13.2 Å². The predicted octanol–water partition coefficient (Wildman–Crippen LogP) is 8.83. The molecular formula is C32H35F3O2. The summed E-state index contributed by atoms with van der Waals surface area (Å²) < 4.78 is 49.6. The monoisotopic (exact) mass is 508 g/mol. The molecule has 2 nitrogen and oxygen atoms in total. The van der Waals surface area contributed by atoms with Gasteiger partial charge in [0.2, 0.25) is 5.82 Å². The molecule has 0 spiro atoms. The van der Waals surface area contributed by atoms with E-state index >= 15 is 4.39 Å². The lowest BCUT2D eigenvalue weighted by molar-refractivity contribution is 0.0728. The van der Waals surface area contributed by atoms with Gasteiger partial charge in [-0.15, -0.1) is 6.58 Å². The third-order valence-electron chi connectivity index (χ3n) is 7.50. The number of halogens is 3. The van der Waals surface area contributed by atoms with Gasteiger partial charge in [-0.3, -0.25) is 0 Å². The first-order chi connectivity index (χ1) is 17.9. The zero-order valence-electron chi connectivity index (χ0n) is 21.4. The zero-order chi connectivity index (χ0) is 26.4. The fourth-order valence-corrected chi connectivity index (χ4v) is 5.34. The van der Waals surface area contributed by atoms with Crippen molar-refractivity contribution in [1.82, 2.24) is 0 Å². The fourth-order valence-electron chi connectivity index (χ4n) is 5.34. The molecule has 0 radical (unpaired) electrons. The van der Waals surface area contributed by atoms with Crippen LogP contribution in [-0.2, 0) is 0 Å². The van der Waals surface area contributed by atoms with Crippen LogP contribution in [0.25, 0.3) is 22.3 Å². The topological polar surface area (TPSA) is 29.5 Å². The summed E-state index contributed by atoms with van der Waals surface area (Å²) in [6.07, 6.45) is 7.36. The van der Waals surface area contributed by atoms with E-state index in [1.54, 1.807) is 36.4 Å². The van der Waals surface area contributed by atoms with Gasteiger partial charge in [0.25, 0.3) is 0 Å². The van der Waals surface area contributed by atoms with Crippen molar-refractivity contribution < 1.29 is 23.0 Å². The third-order valence-corrected chi connectivity index (χ3v) is 7.50. The Balaban J connectivity index is 1.45. The van der Waals surface area contributed by atoms with Gasteiger partial charge in [-0.05, 0) is 90.8 Å². The van der Waals surface area contributed by atoms with Crippen molar-refractivity contribution in [3.8, 4) is 28.0 Å². The molecule has 1 aliphatic rings. The number of rotatable bonds is 10. The number of aliphatic hydroxyl groups excluding tert-OH is 1. The molecule has 4 rings (SSSR count). The molecule has 0 aliphatic heterocycles. The van der Waals surface area contributed by atoms with Crippen molar-refractivity contribution in [2.45, 2.75) is 63.9 Å². The van der Waals surface area contributed by atoms with E-state index in [1.807, 2.05) is 12.1 Å². The second-order valence-corrected chi connectivity index (χ2v) is 9.95. The zero-order valence-corrected chi connectivity index (χ0v) is 21.4. The highest BCUT2D eigenvalue weighted by atomic mass is 19.2. The largest absolute Gasteiger partial charge is 0.490 e. The molecule has 0 amide bonds. The smallest absolute Gasteiger partial charge is 0.201 e. The van der Waals surface area contributed by atoms with Crippen LogP contribution in [-0.4, -0.2) is 17.8 Å². The summed E-state index contributed by atoms with van der Waals surface area (Å²) in [6, 6.07) is 15.3. The highest BCUT2D eigenvalue weighted by Crippen LogP contribution is 2.40. The highest BCUT2D eigenvalue weighted by Gasteiger charge is 2.28. The molecule has 0 heterocycles. The molecule has 37 heavy (non-hydrogen) atoms. The van der Waals surface area contributed by atoms with E-state index in [1.165, 1.54) is 12.1 Å². The van der Waals surface area contributed by atoms with E-state index in [2.05, 4.69) is 13.5 Å². The first-order valence-corrected chi connectivity index (χ1v) is 13.2. The molecule has 5 heteroatoms. The molecule has 1 N–H and O–H groups in total. The maximum absolute atomic E-state index is 15.1. The van der Waals surface area contributed by atoms with Gasteiger partial charge in [0.05, 0.1) is 12.7 Å². The van der Waals surface area contributed by atoms with Gasteiger partial charge >= 0.3 is 0 Å². The number of hydrogen-bond donors (Lipinski definition) is 1. The van der Waals surface area contributed by atoms with Crippen molar-refractivity contribution in [3.05, 3.63) is 90.3 Å². The van der Waals surface area contributed by atoms with Crippen LogP contribution in [0.15, 0.2) is 67.3 Å². The van der Waals surface area contributed by atoms with E-state index in [9.17, 15) is 13.9 Å². The van der Waals surface area contributed by atoms with Crippen molar-refractivity contribution in [2.75, 3.05) is 6.61 Å². The van der Waals surface area contributed by atoms with E-state index in [4.69, 9.17) is 4.74 Å². The lowest BCUT2D eigenvalue weighted by atomic mass is 9.75. The Morgan fingerprint density at radius 2 is 1.59 bits per heavy atom. The Hall–Kier alpha value is -3.05. The molecule has 1 aliphatic carbocycles. The van der Waals surface area contributed by atoms with Gasteiger partial charge in [0, 0.05) is 5.56 Å². The van der Waals surface area contributed by atoms with Crippen LogP contribution >= 0.6 is 0 Å². The van der Waals surface area contributed by atoms with Crippen LogP contribution in [0, 0.1) is 23.4 Å². The second-order valence-electron chi connectivity index (χ2n) is 9.95. The van der Waals surface area contributed by atoms with Crippen molar-refractivity contribution in [1.29, 1.82) is 0 Å². The number of ether oxygens (including phenoxy) is 1. The van der Waals surface area contributed by atoms with Crippen LogP contribution in [0.1, 0.15) is 63.4 Å². The molecule has 0 aromatic heterocycles. The lowest BCUT2D eigenvalue weighted by Crippen LogP contribution is -2.25. The highest BCUT2D eigenvalue weighted by molar-refractivity contribution is 5.71. The summed E-state index contributed by atoms with van der Waals surface area (Å²) >= 11 is 0. The van der Waals surface area contributed by atoms with Crippen molar-refractivity contribution in [2.24, 2.45) is 5.92 Å². The van der Waals surface area contributed by atoms with Gasteiger partial charge in [0.1, 0.15) is 5.82 Å². The lowest BCUT2D eigenvalue weighted by Gasteiger charge is -2.32. The Labute approximate surface area is 217 Å². The third kappa shape index (κ3) is 6.27. The van der Waals surface area contributed by atoms with Crippen LogP contribution < -0.4 is 4.74 Å². The first-order valence-electron chi connectivity index (χ1n) is 13.2. The Morgan fingerprint density at radius 1 is 0.919 bits per heavy atom. The molecule has 3 aromatic carbocycles. The maximum Gasteiger partial charge on any atom is 0.201 e. The maximum atomic E-state index is 15.1. The summed E-state index contributed by atoms with van der Waals surface area (Å²) in [5.74, 6) is -1.84. The van der Waals surface area contributed by atoms with E-state index in [0.717, 1.165) is 55.2 Å². The van der Waals surface area contributed by atoms with Crippen LogP contribution in [0.2, 0.25) is 0 Å². The standard InChI is InChI=1S/C32H35F3O2/c1-3-5-19-37-30-18-17-27(31(34)32(30)35)23-9-7-21(8-10-23)25-15-16-26(28(33)20-25)22-11-13-24(14-12-22)29(36)6-4-2/h3,7-10,15-18,20,22,24,29,36H,1,4-6,11-14,19H2,2H3. The fraction of sp³-hybridized carbons (Fsp3) is 0.375. The average molecular weight is 509 g/mol. The normalized spacial score (nSPS) is 18.4. The minimum atomic E-state index is -1.02. The van der Waals surface area contributed by atoms with Gasteiger partial charge < -0.3 is 9.84 Å². The van der Waals surface area contributed by atoms with Crippen molar-refractivity contribution in [3.63, 3.8) is 0 Å². The van der Waals surface area contributed by atoms with E-state index < -0.39 is 11.6 Å². The number of hydrogen-bond acceptors (Lipinski definition) is 2. The van der Waals surface area contributed by atoms with Crippen molar-refractivity contribution >= 4 is 0 Å². The Kier molecular flexibility index (Phi) is 9.09. The minimum Gasteiger partial charge on any atom is -0.490 e. The summed E-state index contributed by atoms with van der Waals surface area (Å²) in [7, 11) is 0. The number of benzene rings is 3. The molecule has 196 valence electrons. The van der Waals surface area contributed by atoms with Gasteiger partial charge in [-0.2, -0.15) is 4.39 Å². The summed E-state index contributed by atoms with van der Waals surface area (Å²) in [5.41, 5.74) is 2.93. The molecular weight excluding hydrogens is 473 g/mol. The van der Waals surface area contributed by atoms with Crippen LogP contribution in [0.5, 0.6) is 5.75 Å². The van der Waals surface area contributed by atoms with Gasteiger partial charge in [-0.25, -0.2) is 8.78 Å². The Morgan fingerprint density at radius 3 is 2.24 bits per heavy atom. The van der Waals surface area contributed by atoms with Gasteiger partial charge in [-0.1, -0.05) is 55.8 Å². The molecule has 0 saturated heterocycles. The first kappa shape index (κ1) is 27.0. The predicted molar refractivity (Wildman–Crippen MR) is 143 cm³/mol. The molecule has 3 aromatic rings. The van der Waals surface area contributed by atoms with Crippen LogP contribution in [0.3, 0.4) is 0 Å². The molecule has 1 saturated carbocycles. The van der Waals surface area contributed by atoms with E-state index in [-0.39, 0.29) is 35.8 Å². The van der Waals surface area contributed by atoms with Gasteiger partial charge in [0.15, 0.2) is 11.6 Å². The molecule has 1 atom stereocenters. The molecule has 0 bridgehead atoms. The van der Waals surface area contributed by atoms with E-state index in [0.29, 0.717) is 17.9 Å². The summed E-state index contributed by atoms with van der Waals surface area (Å²) in [5, 5.41) is 10.3.